The second-order valence-corrected chi connectivity index (χ2v) is 5.64. The lowest BCUT2D eigenvalue weighted by molar-refractivity contribution is -0.135. The van der Waals surface area contributed by atoms with E-state index in [0.717, 1.165) is 21.8 Å². The summed E-state index contributed by atoms with van der Waals surface area (Å²) in [7, 11) is 3.08. The zero-order valence-corrected chi connectivity index (χ0v) is 13.8. The highest BCUT2D eigenvalue weighted by Crippen LogP contribution is 2.30. The lowest BCUT2D eigenvalue weighted by Gasteiger charge is -2.09. The van der Waals surface area contributed by atoms with Crippen LogP contribution in [0.3, 0.4) is 0 Å². The van der Waals surface area contributed by atoms with Crippen molar-refractivity contribution in [1.29, 1.82) is 0 Å². The molecule has 0 fully saturated rings. The first-order valence-corrected chi connectivity index (χ1v) is 7.56. The van der Waals surface area contributed by atoms with E-state index >= 15 is 0 Å². The van der Waals surface area contributed by atoms with Crippen molar-refractivity contribution < 1.29 is 14.3 Å². The largest absolute Gasteiger partial charge is 0.497 e. The summed E-state index contributed by atoms with van der Waals surface area (Å²) in [4.78, 5) is 26.1. The topological polar surface area (TPSA) is 58.6 Å². The van der Waals surface area contributed by atoms with Gasteiger partial charge in [0.05, 0.1) is 12.7 Å². The monoisotopic (exact) mass is 322 g/mol. The average molecular weight is 322 g/mol. The second kappa shape index (κ2) is 6.20. The van der Waals surface area contributed by atoms with Gasteiger partial charge < -0.3 is 10.1 Å². The quantitative estimate of drug-likeness (QED) is 0.880. The third-order valence-corrected chi connectivity index (χ3v) is 3.99. The number of hydrogen-bond donors (Lipinski definition) is 1. The number of likely N-dealkylation sites (N-methyl/N-ethyl adjacent to an activating group) is 1. The minimum Gasteiger partial charge on any atom is -0.497 e. The van der Waals surface area contributed by atoms with E-state index in [2.05, 4.69) is 5.32 Å². The molecule has 1 heterocycles. The summed E-state index contributed by atoms with van der Waals surface area (Å²) in [6.07, 6.45) is 0. The van der Waals surface area contributed by atoms with Crippen LogP contribution in [0.1, 0.15) is 11.1 Å². The number of nitrogens with one attached hydrogen (secondary N) is 1. The Kier molecular flexibility index (Phi) is 4.08. The van der Waals surface area contributed by atoms with Gasteiger partial charge in [-0.05, 0) is 36.8 Å². The molecule has 0 bridgehead atoms. The SMILES string of the molecule is COc1ccc(NC2=C(c3ccc(C)cc3)C(=O)N(C)C2=O)cc1. The Balaban J connectivity index is 2.02. The van der Waals surface area contributed by atoms with Crippen molar-refractivity contribution in [3.63, 3.8) is 0 Å². The van der Waals surface area contributed by atoms with Crippen LogP contribution in [-0.4, -0.2) is 30.9 Å². The van der Waals surface area contributed by atoms with Crippen LogP contribution in [0.5, 0.6) is 5.75 Å². The van der Waals surface area contributed by atoms with Gasteiger partial charge in [-0.1, -0.05) is 29.8 Å². The molecule has 0 spiro atoms. The van der Waals surface area contributed by atoms with Gasteiger partial charge in [-0.25, -0.2) is 0 Å². The van der Waals surface area contributed by atoms with Crippen molar-refractivity contribution in [3.8, 4) is 5.75 Å². The summed E-state index contributed by atoms with van der Waals surface area (Å²) < 4.78 is 5.13. The van der Waals surface area contributed by atoms with Gasteiger partial charge in [0.15, 0.2) is 0 Å². The van der Waals surface area contributed by atoms with Crippen molar-refractivity contribution in [2.75, 3.05) is 19.5 Å². The molecule has 0 saturated carbocycles. The highest BCUT2D eigenvalue weighted by molar-refractivity contribution is 6.36. The van der Waals surface area contributed by atoms with Gasteiger partial charge in [0, 0.05) is 12.7 Å². The summed E-state index contributed by atoms with van der Waals surface area (Å²) in [6.45, 7) is 1.97. The number of aryl methyl sites for hydroxylation is 1. The first kappa shape index (κ1) is 15.8. The van der Waals surface area contributed by atoms with Gasteiger partial charge in [-0.15, -0.1) is 0 Å². The summed E-state index contributed by atoms with van der Waals surface area (Å²) in [5.74, 6) is 0.0745. The Hall–Kier alpha value is -3.08. The summed E-state index contributed by atoms with van der Waals surface area (Å²) >= 11 is 0. The number of carbonyl (C=O) groups is 2. The molecular formula is C19H18N2O3. The predicted molar refractivity (Wildman–Crippen MR) is 92.5 cm³/mol. The molecule has 0 aliphatic carbocycles. The molecule has 24 heavy (non-hydrogen) atoms. The Morgan fingerprint density at radius 3 is 2.12 bits per heavy atom. The van der Waals surface area contributed by atoms with Crippen molar-refractivity contribution >= 4 is 23.1 Å². The van der Waals surface area contributed by atoms with Crippen LogP contribution in [0, 0.1) is 6.92 Å². The van der Waals surface area contributed by atoms with Gasteiger partial charge >= 0.3 is 0 Å². The fourth-order valence-electron chi connectivity index (χ4n) is 2.56. The lowest BCUT2D eigenvalue weighted by Crippen LogP contribution is -2.27. The number of methoxy groups -OCH3 is 1. The molecule has 0 radical (unpaired) electrons. The molecule has 5 heteroatoms. The molecular weight excluding hydrogens is 304 g/mol. The number of hydrogen-bond acceptors (Lipinski definition) is 4. The van der Waals surface area contributed by atoms with Crippen LogP contribution in [0.15, 0.2) is 54.2 Å². The fourth-order valence-corrected chi connectivity index (χ4v) is 2.56. The first-order valence-electron chi connectivity index (χ1n) is 7.56. The number of amides is 2. The third kappa shape index (κ3) is 2.76. The molecule has 0 saturated heterocycles. The maximum atomic E-state index is 12.5. The van der Waals surface area contributed by atoms with E-state index in [1.165, 1.54) is 7.05 Å². The minimum absolute atomic E-state index is 0.288. The number of ether oxygens (including phenoxy) is 1. The van der Waals surface area contributed by atoms with Crippen molar-refractivity contribution in [3.05, 3.63) is 65.4 Å². The average Bonchev–Trinajstić information content (AvgIpc) is 2.81. The number of benzene rings is 2. The highest BCUT2D eigenvalue weighted by Gasteiger charge is 2.36. The standard InChI is InChI=1S/C19H18N2O3/c1-12-4-6-13(7-5-12)16-17(19(23)21(2)18(16)22)20-14-8-10-15(24-3)11-9-14/h4-11,20H,1-3H3. The number of imide groups is 1. The number of carbonyl (C=O) groups excluding carboxylic acids is 2. The van der Waals surface area contributed by atoms with Crippen LogP contribution in [-0.2, 0) is 9.59 Å². The van der Waals surface area contributed by atoms with Gasteiger partial charge in [0.2, 0.25) is 0 Å². The Morgan fingerprint density at radius 1 is 0.917 bits per heavy atom. The molecule has 1 aliphatic rings. The van der Waals surface area contributed by atoms with Gasteiger partial charge in [0.25, 0.3) is 11.8 Å². The van der Waals surface area contributed by atoms with E-state index < -0.39 is 0 Å². The molecule has 3 rings (SSSR count). The normalized spacial score (nSPS) is 14.4. The Labute approximate surface area is 140 Å². The Morgan fingerprint density at radius 2 is 1.54 bits per heavy atom. The second-order valence-electron chi connectivity index (χ2n) is 5.64. The molecule has 122 valence electrons. The van der Waals surface area contributed by atoms with Crippen LogP contribution in [0.2, 0.25) is 0 Å². The van der Waals surface area contributed by atoms with Crippen LogP contribution in [0.25, 0.3) is 5.57 Å². The number of anilines is 1. The van der Waals surface area contributed by atoms with E-state index in [1.807, 2.05) is 31.2 Å². The molecule has 2 aromatic rings. The lowest BCUT2D eigenvalue weighted by atomic mass is 10.0. The molecule has 0 unspecified atom stereocenters. The van der Waals surface area contributed by atoms with Crippen molar-refractivity contribution in [1.82, 2.24) is 4.90 Å². The van der Waals surface area contributed by atoms with Gasteiger partial charge in [0.1, 0.15) is 11.4 Å². The fraction of sp³-hybridized carbons (Fsp3) is 0.158. The van der Waals surface area contributed by atoms with Gasteiger partial charge in [-0.2, -0.15) is 0 Å². The molecule has 2 aromatic carbocycles. The zero-order chi connectivity index (χ0) is 17.3. The minimum atomic E-state index is -0.341. The molecule has 0 aromatic heterocycles. The van der Waals surface area contributed by atoms with Crippen molar-refractivity contribution in [2.24, 2.45) is 0 Å². The van der Waals surface area contributed by atoms with E-state index in [0.29, 0.717) is 11.3 Å². The number of nitrogens with zero attached hydrogens (tertiary/aromatic N) is 1. The molecule has 5 nitrogen and oxygen atoms in total. The molecule has 2 amide bonds. The van der Waals surface area contributed by atoms with Crippen LogP contribution >= 0.6 is 0 Å². The molecule has 0 atom stereocenters. The first-order chi connectivity index (χ1) is 11.5. The maximum absolute atomic E-state index is 12.5. The van der Waals surface area contributed by atoms with Crippen molar-refractivity contribution in [2.45, 2.75) is 6.92 Å². The van der Waals surface area contributed by atoms with E-state index in [4.69, 9.17) is 4.74 Å². The zero-order valence-electron chi connectivity index (χ0n) is 13.8. The summed E-state index contributed by atoms with van der Waals surface area (Å²) in [5, 5.41) is 3.08. The summed E-state index contributed by atoms with van der Waals surface area (Å²) in [5.41, 5.74) is 3.20. The maximum Gasteiger partial charge on any atom is 0.277 e. The summed E-state index contributed by atoms with van der Waals surface area (Å²) in [6, 6.07) is 14.7. The van der Waals surface area contributed by atoms with E-state index in [1.54, 1.807) is 31.4 Å². The predicted octanol–water partition coefficient (Wildman–Crippen LogP) is 2.83. The smallest absolute Gasteiger partial charge is 0.277 e. The third-order valence-electron chi connectivity index (χ3n) is 3.99. The van der Waals surface area contributed by atoms with Crippen LogP contribution < -0.4 is 10.1 Å². The number of rotatable bonds is 4. The van der Waals surface area contributed by atoms with Crippen LogP contribution in [0.4, 0.5) is 5.69 Å². The van der Waals surface area contributed by atoms with Gasteiger partial charge in [-0.3, -0.25) is 14.5 Å². The Bertz CT molecular complexity index is 821. The molecule has 1 aliphatic heterocycles. The van der Waals surface area contributed by atoms with E-state index in [9.17, 15) is 9.59 Å². The molecule has 1 N–H and O–H groups in total. The highest BCUT2D eigenvalue weighted by atomic mass is 16.5. The van der Waals surface area contributed by atoms with E-state index in [-0.39, 0.29) is 17.5 Å².